The van der Waals surface area contributed by atoms with Gasteiger partial charge in [0, 0.05) is 16.9 Å². The van der Waals surface area contributed by atoms with Gasteiger partial charge in [-0.25, -0.2) is 23.2 Å². The van der Waals surface area contributed by atoms with E-state index in [-0.39, 0.29) is 22.0 Å². The average Bonchev–Trinajstić information content (AvgIpc) is 2.39. The topological polar surface area (TPSA) is 97.2 Å². The molecule has 2 rings (SSSR count). The fraction of sp³-hybridized carbons (Fsp3) is 0.0833. The highest BCUT2D eigenvalue weighted by atomic mass is 79.9. The van der Waals surface area contributed by atoms with Crippen molar-refractivity contribution < 1.29 is 18.3 Å². The van der Waals surface area contributed by atoms with E-state index < -0.39 is 15.8 Å². The zero-order chi connectivity index (χ0) is 14.8. The lowest BCUT2D eigenvalue weighted by molar-refractivity contribution is 0.0695. The van der Waals surface area contributed by atoms with E-state index in [0.29, 0.717) is 4.47 Å². The second-order valence-corrected chi connectivity index (χ2v) is 6.71. The van der Waals surface area contributed by atoms with Gasteiger partial charge >= 0.3 is 5.97 Å². The Hall–Kier alpha value is -1.80. The Labute approximate surface area is 123 Å². The quantitative estimate of drug-likeness (QED) is 0.898. The number of carbonyl (C=O) groups is 1. The molecule has 1 N–H and O–H groups in total. The van der Waals surface area contributed by atoms with Gasteiger partial charge in [0.05, 0.1) is 10.5 Å². The number of carboxylic acids is 1. The molecule has 0 fully saturated rings. The third kappa shape index (κ3) is 3.20. The number of hydrogen-bond acceptors (Lipinski definition) is 5. The Morgan fingerprint density at radius 1 is 1.25 bits per heavy atom. The molecule has 1 aromatic heterocycles. The molecule has 0 unspecified atom stereocenters. The normalized spacial score (nSPS) is 11.2. The molecule has 0 radical (unpaired) electrons. The van der Waals surface area contributed by atoms with E-state index >= 15 is 0 Å². The van der Waals surface area contributed by atoms with Gasteiger partial charge < -0.3 is 5.11 Å². The highest BCUT2D eigenvalue weighted by Crippen LogP contribution is 2.23. The Balaban J connectivity index is 2.40. The van der Waals surface area contributed by atoms with Gasteiger partial charge in [0.25, 0.3) is 0 Å². The number of nitrogens with zero attached hydrogens (tertiary/aromatic N) is 2. The van der Waals surface area contributed by atoms with Gasteiger partial charge in [-0.1, -0.05) is 0 Å². The number of aromatic carboxylic acids is 1. The van der Waals surface area contributed by atoms with Crippen LogP contribution in [-0.2, 0) is 15.6 Å². The molecule has 0 amide bonds. The van der Waals surface area contributed by atoms with E-state index in [9.17, 15) is 13.2 Å². The molecule has 0 saturated heterocycles. The van der Waals surface area contributed by atoms with Gasteiger partial charge in [0.15, 0.2) is 9.84 Å². The highest BCUT2D eigenvalue weighted by Gasteiger charge is 2.20. The van der Waals surface area contributed by atoms with E-state index in [0.717, 1.165) is 6.07 Å². The standard InChI is InChI=1S/C12H9BrN2O4S/c13-10-3-2-8(6-9(10)12(16)17)20(18,19)7-11-14-4-1-5-15-11/h1-6H,7H2,(H,16,17). The lowest BCUT2D eigenvalue weighted by Gasteiger charge is -2.06. The van der Waals surface area contributed by atoms with Gasteiger partial charge in [0.1, 0.15) is 11.6 Å². The van der Waals surface area contributed by atoms with Crippen molar-refractivity contribution in [3.63, 3.8) is 0 Å². The Morgan fingerprint density at radius 3 is 2.50 bits per heavy atom. The fourth-order valence-electron chi connectivity index (χ4n) is 1.52. The summed E-state index contributed by atoms with van der Waals surface area (Å²) in [5.41, 5.74) is -0.111. The van der Waals surface area contributed by atoms with Crippen molar-refractivity contribution >= 4 is 31.7 Å². The summed E-state index contributed by atoms with van der Waals surface area (Å²) < 4.78 is 24.7. The summed E-state index contributed by atoms with van der Waals surface area (Å²) in [6.07, 6.45) is 2.89. The van der Waals surface area contributed by atoms with Gasteiger partial charge in [-0.15, -0.1) is 0 Å². The van der Waals surface area contributed by atoms with Gasteiger partial charge in [-0.3, -0.25) is 0 Å². The van der Waals surface area contributed by atoms with Crippen LogP contribution in [0.1, 0.15) is 16.2 Å². The molecule has 8 heteroatoms. The molecule has 104 valence electrons. The summed E-state index contributed by atoms with van der Waals surface area (Å²) >= 11 is 3.06. The summed E-state index contributed by atoms with van der Waals surface area (Å²) in [6.45, 7) is 0. The number of aromatic nitrogens is 2. The number of rotatable bonds is 4. The summed E-state index contributed by atoms with van der Waals surface area (Å²) in [5, 5.41) is 9.00. The molecule has 0 saturated carbocycles. The predicted molar refractivity (Wildman–Crippen MR) is 74.0 cm³/mol. The number of benzene rings is 1. The van der Waals surface area contributed by atoms with Crippen molar-refractivity contribution in [2.24, 2.45) is 0 Å². The zero-order valence-corrected chi connectivity index (χ0v) is 12.4. The first-order valence-electron chi connectivity index (χ1n) is 5.41. The van der Waals surface area contributed by atoms with E-state index in [4.69, 9.17) is 5.11 Å². The molecule has 6 nitrogen and oxygen atoms in total. The van der Waals surface area contributed by atoms with Gasteiger partial charge in [-0.05, 0) is 40.2 Å². The molecule has 0 aliphatic heterocycles. The minimum Gasteiger partial charge on any atom is -0.478 e. The lowest BCUT2D eigenvalue weighted by Crippen LogP contribution is -2.09. The van der Waals surface area contributed by atoms with Crippen LogP contribution in [0.15, 0.2) is 46.0 Å². The molecule has 0 aliphatic rings. The predicted octanol–water partition coefficient (Wildman–Crippen LogP) is 1.91. The molecular weight excluding hydrogens is 348 g/mol. The lowest BCUT2D eigenvalue weighted by atomic mass is 10.2. The van der Waals surface area contributed by atoms with Crippen LogP contribution in [0.2, 0.25) is 0 Å². The van der Waals surface area contributed by atoms with Crippen LogP contribution in [-0.4, -0.2) is 29.5 Å². The third-order valence-corrected chi connectivity index (χ3v) is 4.77. The van der Waals surface area contributed by atoms with Crippen molar-refractivity contribution in [1.82, 2.24) is 9.97 Å². The second kappa shape index (κ2) is 5.68. The monoisotopic (exact) mass is 356 g/mol. The molecule has 2 aromatic rings. The molecule has 1 heterocycles. The zero-order valence-electron chi connectivity index (χ0n) is 10.0. The van der Waals surface area contributed by atoms with Crippen molar-refractivity contribution in [2.75, 3.05) is 0 Å². The Morgan fingerprint density at radius 2 is 1.90 bits per heavy atom. The first kappa shape index (κ1) is 14.6. The number of sulfone groups is 1. The molecule has 0 bridgehead atoms. The van der Waals surface area contributed by atoms with Crippen molar-refractivity contribution in [3.05, 3.63) is 52.5 Å². The molecule has 0 atom stereocenters. The largest absolute Gasteiger partial charge is 0.478 e. The highest BCUT2D eigenvalue weighted by molar-refractivity contribution is 9.10. The molecule has 1 aromatic carbocycles. The van der Waals surface area contributed by atoms with E-state index in [1.54, 1.807) is 6.07 Å². The summed E-state index contributed by atoms with van der Waals surface area (Å²) in [7, 11) is -3.70. The molecular formula is C12H9BrN2O4S. The number of halogens is 1. The third-order valence-electron chi connectivity index (χ3n) is 2.47. The van der Waals surface area contributed by atoms with Crippen LogP contribution in [0, 0.1) is 0 Å². The van der Waals surface area contributed by atoms with Crippen molar-refractivity contribution in [3.8, 4) is 0 Å². The second-order valence-electron chi connectivity index (χ2n) is 3.87. The molecule has 0 spiro atoms. The SMILES string of the molecule is O=C(O)c1cc(S(=O)(=O)Cc2ncccn2)ccc1Br. The average molecular weight is 357 g/mol. The van der Waals surface area contributed by atoms with E-state index in [1.807, 2.05) is 0 Å². The maximum absolute atomic E-state index is 12.2. The smallest absolute Gasteiger partial charge is 0.336 e. The summed E-state index contributed by atoms with van der Waals surface area (Å²) in [5.74, 6) is -1.42. The summed E-state index contributed by atoms with van der Waals surface area (Å²) in [4.78, 5) is 18.6. The van der Waals surface area contributed by atoms with Crippen LogP contribution < -0.4 is 0 Å². The minimum absolute atomic E-state index is 0.0782. The van der Waals surface area contributed by atoms with Crippen LogP contribution in [0.4, 0.5) is 0 Å². The van der Waals surface area contributed by atoms with Crippen molar-refractivity contribution in [2.45, 2.75) is 10.6 Å². The van der Waals surface area contributed by atoms with Gasteiger partial charge in [0.2, 0.25) is 0 Å². The Kier molecular flexibility index (Phi) is 4.15. The maximum atomic E-state index is 12.2. The van der Waals surface area contributed by atoms with Crippen LogP contribution in [0.25, 0.3) is 0 Å². The maximum Gasteiger partial charge on any atom is 0.336 e. The Bertz CT molecular complexity index is 747. The molecule has 0 aliphatic carbocycles. The van der Waals surface area contributed by atoms with E-state index in [1.165, 1.54) is 24.5 Å². The van der Waals surface area contributed by atoms with Crippen LogP contribution in [0.3, 0.4) is 0 Å². The van der Waals surface area contributed by atoms with Crippen molar-refractivity contribution in [1.29, 1.82) is 0 Å². The molecule has 20 heavy (non-hydrogen) atoms. The summed E-state index contributed by atoms with van der Waals surface area (Å²) in [6, 6.07) is 5.43. The van der Waals surface area contributed by atoms with E-state index in [2.05, 4.69) is 25.9 Å². The first-order valence-corrected chi connectivity index (χ1v) is 7.86. The van der Waals surface area contributed by atoms with Gasteiger partial charge in [-0.2, -0.15) is 0 Å². The number of carboxylic acid groups (broad SMARTS) is 1. The first-order chi connectivity index (χ1) is 9.40. The van der Waals surface area contributed by atoms with Crippen LogP contribution >= 0.6 is 15.9 Å². The number of hydrogen-bond donors (Lipinski definition) is 1. The minimum atomic E-state index is -3.70. The fourth-order valence-corrected chi connectivity index (χ4v) is 3.16. The van der Waals surface area contributed by atoms with Crippen LogP contribution in [0.5, 0.6) is 0 Å².